The van der Waals surface area contributed by atoms with Gasteiger partial charge in [-0.1, -0.05) is 25.1 Å². The van der Waals surface area contributed by atoms with Crippen molar-refractivity contribution in [3.05, 3.63) is 54.6 Å². The third-order valence-electron chi connectivity index (χ3n) is 4.36. The van der Waals surface area contributed by atoms with E-state index in [1.807, 2.05) is 30.3 Å². The number of hydrogen-bond donors (Lipinski definition) is 2. The van der Waals surface area contributed by atoms with Gasteiger partial charge in [-0.3, -0.25) is 4.79 Å². The number of thiol groups is 1. The van der Waals surface area contributed by atoms with Crippen LogP contribution in [0.2, 0.25) is 0 Å². The smallest absolute Gasteiger partial charge is 0.240 e. The van der Waals surface area contributed by atoms with Gasteiger partial charge in [0.05, 0.1) is 10.9 Å². The van der Waals surface area contributed by atoms with Gasteiger partial charge in [-0.2, -0.15) is 12.6 Å². The summed E-state index contributed by atoms with van der Waals surface area (Å²) in [5, 5.41) is -0.240. The van der Waals surface area contributed by atoms with Crippen LogP contribution in [0.5, 0.6) is 11.5 Å². The predicted octanol–water partition coefficient (Wildman–Crippen LogP) is 2.68. The van der Waals surface area contributed by atoms with Crippen molar-refractivity contribution in [2.75, 3.05) is 13.1 Å². The first kappa shape index (κ1) is 19.7. The van der Waals surface area contributed by atoms with Crippen molar-refractivity contribution < 1.29 is 17.9 Å². The molecule has 0 aromatic heterocycles. The minimum absolute atomic E-state index is 0.00170. The number of nitrogens with one attached hydrogen (secondary N) is 1. The molecule has 1 heterocycles. The monoisotopic (exact) mass is 406 g/mol. The van der Waals surface area contributed by atoms with Gasteiger partial charge in [-0.25, -0.2) is 13.1 Å². The van der Waals surface area contributed by atoms with Gasteiger partial charge in [0.25, 0.3) is 0 Å². The van der Waals surface area contributed by atoms with Crippen LogP contribution in [0.3, 0.4) is 0 Å². The summed E-state index contributed by atoms with van der Waals surface area (Å²) in [7, 11) is -3.71. The molecule has 3 rings (SSSR count). The van der Waals surface area contributed by atoms with Crippen LogP contribution in [-0.2, 0) is 14.8 Å². The molecule has 2 atom stereocenters. The van der Waals surface area contributed by atoms with E-state index in [0.717, 1.165) is 0 Å². The summed E-state index contributed by atoms with van der Waals surface area (Å²) in [6, 6.07) is 15.1. The molecule has 0 aliphatic carbocycles. The molecule has 2 aromatic carbocycles. The second kappa shape index (κ2) is 8.33. The highest BCUT2D eigenvalue weighted by molar-refractivity contribution is 7.89. The van der Waals surface area contributed by atoms with Crippen molar-refractivity contribution in [3.63, 3.8) is 0 Å². The molecule has 1 aliphatic heterocycles. The lowest BCUT2D eigenvalue weighted by Gasteiger charge is -2.17. The lowest BCUT2D eigenvalue weighted by molar-refractivity contribution is -0.129. The Bertz CT molecular complexity index is 886. The third kappa shape index (κ3) is 4.82. The van der Waals surface area contributed by atoms with Crippen LogP contribution in [-0.4, -0.2) is 43.6 Å². The lowest BCUT2D eigenvalue weighted by Crippen LogP contribution is -2.41. The molecule has 1 N–H and O–H groups in total. The van der Waals surface area contributed by atoms with E-state index in [0.29, 0.717) is 31.0 Å². The number of rotatable bonds is 6. The predicted molar refractivity (Wildman–Crippen MR) is 107 cm³/mol. The molecular formula is C19H22N2O4S2. The van der Waals surface area contributed by atoms with Crippen molar-refractivity contribution in [2.24, 2.45) is 0 Å². The molecular weight excluding hydrogens is 384 g/mol. The van der Waals surface area contributed by atoms with Crippen LogP contribution in [0.15, 0.2) is 59.5 Å². The second-order valence-corrected chi connectivity index (χ2v) is 8.71. The van der Waals surface area contributed by atoms with E-state index in [1.165, 1.54) is 12.1 Å². The van der Waals surface area contributed by atoms with E-state index < -0.39 is 16.1 Å². The number of nitrogens with zero attached hydrogens (tertiary/aromatic N) is 1. The van der Waals surface area contributed by atoms with Crippen LogP contribution >= 0.6 is 12.6 Å². The average Bonchev–Trinajstić information content (AvgIpc) is 3.02. The number of hydrogen-bond acceptors (Lipinski definition) is 5. The Morgan fingerprint density at radius 1 is 1.11 bits per heavy atom. The first-order valence-corrected chi connectivity index (χ1v) is 10.7. The van der Waals surface area contributed by atoms with E-state index in [2.05, 4.69) is 17.4 Å². The SMILES string of the molecule is CCC(=O)N1C[C@H](NS(=O)(=O)c2ccc(Oc3ccccc3)cc2)[C@@H](S)C1. The molecule has 0 spiro atoms. The van der Waals surface area contributed by atoms with Crippen molar-refractivity contribution in [1.82, 2.24) is 9.62 Å². The maximum atomic E-state index is 12.7. The number of para-hydroxylation sites is 1. The Labute approximate surface area is 165 Å². The normalized spacial score (nSPS) is 19.9. The summed E-state index contributed by atoms with van der Waals surface area (Å²) in [5.74, 6) is 1.22. The molecule has 1 aliphatic rings. The van der Waals surface area contributed by atoms with Gasteiger partial charge in [0.1, 0.15) is 11.5 Å². The first-order chi connectivity index (χ1) is 12.9. The van der Waals surface area contributed by atoms with Gasteiger partial charge < -0.3 is 9.64 Å². The Morgan fingerprint density at radius 3 is 2.37 bits per heavy atom. The molecule has 0 saturated carbocycles. The molecule has 144 valence electrons. The van der Waals surface area contributed by atoms with E-state index in [1.54, 1.807) is 24.0 Å². The fourth-order valence-corrected chi connectivity index (χ4v) is 4.64. The van der Waals surface area contributed by atoms with Gasteiger partial charge in [0.15, 0.2) is 0 Å². The Kier molecular flexibility index (Phi) is 6.08. The third-order valence-corrected chi connectivity index (χ3v) is 6.39. The standard InChI is InChI=1S/C19H22N2O4S2/c1-2-19(22)21-12-17(18(26)13-21)20-27(23,24)16-10-8-15(9-11-16)25-14-6-4-3-5-7-14/h3-11,17-18,20,26H,2,12-13H2,1H3/t17-,18-/m0/s1. The number of amides is 1. The summed E-state index contributed by atoms with van der Waals surface area (Å²) in [6.45, 7) is 2.55. The van der Waals surface area contributed by atoms with Crippen molar-refractivity contribution in [1.29, 1.82) is 0 Å². The lowest BCUT2D eigenvalue weighted by atomic mass is 10.3. The maximum Gasteiger partial charge on any atom is 0.240 e. The van der Waals surface area contributed by atoms with Gasteiger partial charge in [-0.15, -0.1) is 0 Å². The number of benzene rings is 2. The molecule has 1 amide bonds. The molecule has 1 saturated heterocycles. The zero-order valence-corrected chi connectivity index (χ0v) is 16.6. The molecule has 2 aromatic rings. The Hall–Kier alpha value is -2.03. The number of ether oxygens (including phenoxy) is 1. The fraction of sp³-hybridized carbons (Fsp3) is 0.316. The van der Waals surface area contributed by atoms with Gasteiger partial charge >= 0.3 is 0 Å². The molecule has 1 fully saturated rings. The Balaban J connectivity index is 1.67. The minimum Gasteiger partial charge on any atom is -0.457 e. The zero-order chi connectivity index (χ0) is 19.4. The molecule has 0 radical (unpaired) electrons. The van der Waals surface area contributed by atoms with Crippen molar-refractivity contribution >= 4 is 28.6 Å². The van der Waals surface area contributed by atoms with Crippen LogP contribution in [0, 0.1) is 0 Å². The highest BCUT2D eigenvalue weighted by Crippen LogP contribution is 2.24. The zero-order valence-electron chi connectivity index (χ0n) is 14.9. The Morgan fingerprint density at radius 2 is 1.74 bits per heavy atom. The number of likely N-dealkylation sites (tertiary alicyclic amines) is 1. The summed E-state index contributed by atoms with van der Waals surface area (Å²) in [5.41, 5.74) is 0. The average molecular weight is 407 g/mol. The minimum atomic E-state index is -3.71. The van der Waals surface area contributed by atoms with Crippen LogP contribution in [0.25, 0.3) is 0 Å². The number of carbonyl (C=O) groups is 1. The molecule has 0 bridgehead atoms. The van der Waals surface area contributed by atoms with Gasteiger partial charge in [-0.05, 0) is 36.4 Å². The molecule has 6 nitrogen and oxygen atoms in total. The summed E-state index contributed by atoms with van der Waals surface area (Å²) in [6.07, 6.45) is 0.392. The van der Waals surface area contributed by atoms with Crippen LogP contribution in [0.1, 0.15) is 13.3 Å². The molecule has 0 unspecified atom stereocenters. The highest BCUT2D eigenvalue weighted by atomic mass is 32.2. The van der Waals surface area contributed by atoms with Crippen LogP contribution in [0.4, 0.5) is 0 Å². The maximum absolute atomic E-state index is 12.7. The van der Waals surface area contributed by atoms with Gasteiger partial charge in [0, 0.05) is 24.8 Å². The first-order valence-electron chi connectivity index (χ1n) is 8.70. The quantitative estimate of drug-likeness (QED) is 0.724. The van der Waals surface area contributed by atoms with E-state index in [9.17, 15) is 13.2 Å². The summed E-state index contributed by atoms with van der Waals surface area (Å²) in [4.78, 5) is 13.6. The van der Waals surface area contributed by atoms with Crippen LogP contribution < -0.4 is 9.46 Å². The summed E-state index contributed by atoms with van der Waals surface area (Å²) < 4.78 is 33.7. The fourth-order valence-electron chi connectivity index (χ4n) is 2.91. The van der Waals surface area contributed by atoms with Gasteiger partial charge in [0.2, 0.25) is 15.9 Å². The largest absolute Gasteiger partial charge is 0.457 e. The number of sulfonamides is 1. The molecule has 8 heteroatoms. The second-order valence-electron chi connectivity index (χ2n) is 6.33. The summed E-state index contributed by atoms with van der Waals surface area (Å²) >= 11 is 4.44. The topological polar surface area (TPSA) is 75.7 Å². The molecule has 27 heavy (non-hydrogen) atoms. The van der Waals surface area contributed by atoms with E-state index >= 15 is 0 Å². The number of carbonyl (C=O) groups excluding carboxylic acids is 1. The van der Waals surface area contributed by atoms with Crippen molar-refractivity contribution in [3.8, 4) is 11.5 Å². The van der Waals surface area contributed by atoms with Crippen molar-refractivity contribution in [2.45, 2.75) is 29.5 Å². The highest BCUT2D eigenvalue weighted by Gasteiger charge is 2.35. The van der Waals surface area contributed by atoms with E-state index in [-0.39, 0.29) is 16.1 Å². The van der Waals surface area contributed by atoms with E-state index in [4.69, 9.17) is 4.74 Å².